The summed E-state index contributed by atoms with van der Waals surface area (Å²) in [6.07, 6.45) is 0. The molecule has 0 aliphatic heterocycles. The maximum Gasteiger partial charge on any atom is 0.273 e. The Morgan fingerprint density at radius 1 is 0.889 bits per heavy atom. The van der Waals surface area contributed by atoms with E-state index >= 15 is 0 Å². The molecule has 45 heavy (non-hydrogen) atoms. The highest BCUT2D eigenvalue weighted by atomic mass is 32.1. The lowest BCUT2D eigenvalue weighted by atomic mass is 9.99. The zero-order chi connectivity index (χ0) is 32.1. The van der Waals surface area contributed by atoms with E-state index in [0.29, 0.717) is 22.4 Å². The maximum absolute atomic E-state index is 14.7. The number of nitrogens with zero attached hydrogens (tertiary/aromatic N) is 2. The van der Waals surface area contributed by atoms with E-state index in [-0.39, 0.29) is 34.3 Å². The number of ether oxygens (including phenoxy) is 3. The first-order chi connectivity index (χ1) is 21.8. The molecule has 5 aromatic rings. The first-order valence-corrected chi connectivity index (χ1v) is 14.5. The van der Waals surface area contributed by atoms with Crippen molar-refractivity contribution < 1.29 is 28.6 Å². The van der Waals surface area contributed by atoms with Gasteiger partial charge in [0, 0.05) is 11.9 Å². The van der Waals surface area contributed by atoms with Crippen LogP contribution in [-0.2, 0) is 11.3 Å². The van der Waals surface area contributed by atoms with Crippen molar-refractivity contribution in [3.05, 3.63) is 107 Å². The highest BCUT2D eigenvalue weighted by Gasteiger charge is 2.38. The number of hydrogen-bond acceptors (Lipinski definition) is 9. The zero-order valence-corrected chi connectivity index (χ0v) is 25.6. The number of rotatable bonds is 11. The third-order valence-electron chi connectivity index (χ3n) is 7.22. The van der Waals surface area contributed by atoms with Gasteiger partial charge in [-0.05, 0) is 46.2 Å². The Bertz CT molecular complexity index is 1850. The Kier molecular flexibility index (Phi) is 9.14. The molecule has 0 aliphatic rings. The van der Waals surface area contributed by atoms with Crippen LogP contribution in [0.1, 0.15) is 37.3 Å². The molecule has 5 rings (SSSR count). The van der Waals surface area contributed by atoms with Gasteiger partial charge in [-0.3, -0.25) is 19.3 Å². The summed E-state index contributed by atoms with van der Waals surface area (Å²) in [5.74, 6) is -1.16. The number of nitrogens with one attached hydrogen (secondary N) is 1. The Hall–Kier alpha value is -5.62. The minimum Gasteiger partial charge on any atom is -0.493 e. The molecule has 0 bridgehead atoms. The van der Waals surface area contributed by atoms with E-state index in [1.807, 2.05) is 60.7 Å². The molecule has 11 nitrogen and oxygen atoms in total. The molecule has 1 unspecified atom stereocenters. The third kappa shape index (κ3) is 6.08. The largest absolute Gasteiger partial charge is 0.493 e. The van der Waals surface area contributed by atoms with Crippen LogP contribution in [0.5, 0.6) is 17.2 Å². The van der Waals surface area contributed by atoms with Crippen molar-refractivity contribution in [2.75, 3.05) is 32.0 Å². The fraction of sp³-hybridized carbons (Fsp3) is 0.152. The van der Waals surface area contributed by atoms with Crippen LogP contribution in [0.25, 0.3) is 10.8 Å². The second kappa shape index (κ2) is 13.3. The van der Waals surface area contributed by atoms with Gasteiger partial charge in [-0.25, -0.2) is 0 Å². The Labute approximate surface area is 263 Å². The number of hydrogen-bond donors (Lipinski definition) is 3. The number of methoxy groups -OCH3 is 3. The van der Waals surface area contributed by atoms with Crippen molar-refractivity contribution in [2.24, 2.45) is 5.73 Å². The lowest BCUT2D eigenvalue weighted by molar-refractivity contribution is -0.122. The summed E-state index contributed by atoms with van der Waals surface area (Å²) in [5.41, 5.74) is 13.0. The number of nitrogens with two attached hydrogens (primary N) is 2. The maximum atomic E-state index is 14.7. The van der Waals surface area contributed by atoms with Crippen molar-refractivity contribution in [2.45, 2.75) is 12.6 Å². The fourth-order valence-electron chi connectivity index (χ4n) is 5.08. The SMILES string of the molecule is COc1cc(C(C(=O)NCc2ccccc2)N(C(=O)c2snc(C(N)=O)c2N)c2cccc3ccccc23)cc(OC)c1OC. The quantitative estimate of drug-likeness (QED) is 0.190. The number of fused-ring (bicyclic) bond motifs is 1. The molecule has 1 heterocycles. The van der Waals surface area contributed by atoms with Crippen molar-refractivity contribution in [1.82, 2.24) is 9.69 Å². The molecule has 5 N–H and O–H groups in total. The fourth-order valence-corrected chi connectivity index (χ4v) is 5.82. The Balaban J connectivity index is 1.77. The van der Waals surface area contributed by atoms with E-state index in [0.717, 1.165) is 22.5 Å². The first-order valence-electron chi connectivity index (χ1n) is 13.8. The second-order valence-electron chi connectivity index (χ2n) is 9.88. The zero-order valence-electron chi connectivity index (χ0n) is 24.8. The van der Waals surface area contributed by atoms with Crippen LogP contribution < -0.4 is 35.9 Å². The Morgan fingerprint density at radius 2 is 1.53 bits per heavy atom. The molecule has 4 aromatic carbocycles. The van der Waals surface area contributed by atoms with E-state index < -0.39 is 23.8 Å². The number of carbonyl (C=O) groups is 3. The van der Waals surface area contributed by atoms with Gasteiger partial charge in [-0.15, -0.1) is 0 Å². The summed E-state index contributed by atoms with van der Waals surface area (Å²) in [6.45, 7) is 0.187. The van der Waals surface area contributed by atoms with Crippen LogP contribution in [0, 0.1) is 0 Å². The van der Waals surface area contributed by atoms with E-state index in [9.17, 15) is 14.4 Å². The molecular weight excluding hydrogens is 594 g/mol. The summed E-state index contributed by atoms with van der Waals surface area (Å²) in [4.78, 5) is 42.4. The number of anilines is 2. The van der Waals surface area contributed by atoms with Gasteiger partial charge in [0.2, 0.25) is 11.7 Å². The highest BCUT2D eigenvalue weighted by Crippen LogP contribution is 2.43. The van der Waals surface area contributed by atoms with Crippen LogP contribution in [0.3, 0.4) is 0 Å². The minimum atomic E-state index is -1.29. The number of nitrogen functional groups attached to an aromatic ring is 1. The minimum absolute atomic E-state index is 0.0509. The van der Waals surface area contributed by atoms with Gasteiger partial charge in [-0.2, -0.15) is 4.37 Å². The smallest absolute Gasteiger partial charge is 0.273 e. The molecule has 3 amide bonds. The molecule has 0 fully saturated rings. The van der Waals surface area contributed by atoms with E-state index in [4.69, 9.17) is 25.7 Å². The van der Waals surface area contributed by atoms with Crippen molar-refractivity contribution in [3.8, 4) is 17.2 Å². The standard InChI is InChI=1S/C33H31N5O6S/c1-42-24-16-21(17-25(43-2)29(24)44-3)28(32(40)36-18-19-10-5-4-6-11-19)38(23-15-9-13-20-12-7-8-14-22(20)23)33(41)30-26(34)27(31(35)39)37-45-30/h4-17,28H,18,34H2,1-3H3,(H2,35,39)(H,36,40). The van der Waals surface area contributed by atoms with Gasteiger partial charge in [0.05, 0.1) is 32.7 Å². The number of carbonyl (C=O) groups excluding carboxylic acids is 3. The van der Waals surface area contributed by atoms with Gasteiger partial charge in [0.1, 0.15) is 10.9 Å². The topological polar surface area (TPSA) is 159 Å². The third-order valence-corrected chi connectivity index (χ3v) is 8.07. The Morgan fingerprint density at radius 3 is 2.16 bits per heavy atom. The molecule has 230 valence electrons. The molecule has 0 aliphatic carbocycles. The van der Waals surface area contributed by atoms with Gasteiger partial charge in [0.25, 0.3) is 11.8 Å². The lowest BCUT2D eigenvalue weighted by Gasteiger charge is -2.32. The summed E-state index contributed by atoms with van der Waals surface area (Å²) >= 11 is 0.729. The van der Waals surface area contributed by atoms with Crippen LogP contribution in [-0.4, -0.2) is 43.4 Å². The second-order valence-corrected chi connectivity index (χ2v) is 10.6. The van der Waals surface area contributed by atoms with Gasteiger partial charge in [-0.1, -0.05) is 66.7 Å². The number of aromatic nitrogens is 1. The lowest BCUT2D eigenvalue weighted by Crippen LogP contribution is -2.44. The van der Waals surface area contributed by atoms with Crippen LogP contribution in [0.2, 0.25) is 0 Å². The molecule has 0 spiro atoms. The van der Waals surface area contributed by atoms with Crippen LogP contribution >= 0.6 is 11.5 Å². The summed E-state index contributed by atoms with van der Waals surface area (Å²) in [5, 5.41) is 4.50. The molecule has 0 saturated carbocycles. The van der Waals surface area contributed by atoms with E-state index in [2.05, 4.69) is 9.69 Å². The highest BCUT2D eigenvalue weighted by molar-refractivity contribution is 7.09. The molecule has 0 radical (unpaired) electrons. The summed E-state index contributed by atoms with van der Waals surface area (Å²) in [6, 6.07) is 24.2. The van der Waals surface area contributed by atoms with Gasteiger partial charge < -0.3 is 31.0 Å². The molecule has 12 heteroatoms. The number of benzene rings is 4. The van der Waals surface area contributed by atoms with Crippen molar-refractivity contribution in [1.29, 1.82) is 0 Å². The van der Waals surface area contributed by atoms with Gasteiger partial charge in [0.15, 0.2) is 17.2 Å². The first kappa shape index (κ1) is 30.8. The molecule has 1 aromatic heterocycles. The average Bonchev–Trinajstić information content (AvgIpc) is 3.46. The van der Waals surface area contributed by atoms with Crippen molar-refractivity contribution >= 4 is 51.4 Å². The predicted molar refractivity (Wildman–Crippen MR) is 173 cm³/mol. The average molecular weight is 626 g/mol. The summed E-state index contributed by atoms with van der Waals surface area (Å²) in [7, 11) is 4.39. The van der Waals surface area contributed by atoms with E-state index in [1.54, 1.807) is 24.3 Å². The van der Waals surface area contributed by atoms with E-state index in [1.165, 1.54) is 26.2 Å². The van der Waals surface area contributed by atoms with Crippen LogP contribution in [0.15, 0.2) is 84.9 Å². The normalized spacial score (nSPS) is 11.4. The predicted octanol–water partition coefficient (Wildman–Crippen LogP) is 4.71. The number of amides is 3. The summed E-state index contributed by atoms with van der Waals surface area (Å²) < 4.78 is 20.8. The number of primary amides is 1. The van der Waals surface area contributed by atoms with Crippen molar-refractivity contribution in [3.63, 3.8) is 0 Å². The molecular formula is C33H31N5O6S. The molecule has 0 saturated heterocycles. The monoisotopic (exact) mass is 625 g/mol. The molecule has 1 atom stereocenters. The van der Waals surface area contributed by atoms with Crippen LogP contribution in [0.4, 0.5) is 11.4 Å². The van der Waals surface area contributed by atoms with Gasteiger partial charge >= 0.3 is 0 Å².